The summed E-state index contributed by atoms with van der Waals surface area (Å²) in [6, 6.07) is 4.42. The minimum Gasteiger partial charge on any atom is -0.389 e. The van der Waals surface area contributed by atoms with Crippen molar-refractivity contribution in [3.8, 4) is 0 Å². The van der Waals surface area contributed by atoms with Crippen molar-refractivity contribution in [2.45, 2.75) is 33.0 Å². The number of amides is 1. The summed E-state index contributed by atoms with van der Waals surface area (Å²) in [7, 11) is 1.72. The highest BCUT2D eigenvalue weighted by atomic mass is 32.1. The van der Waals surface area contributed by atoms with Crippen LogP contribution >= 0.6 is 11.3 Å². The number of carbonyl (C=O) groups is 1. The highest BCUT2D eigenvalue weighted by Gasteiger charge is 2.24. The molecule has 0 bridgehead atoms. The number of carbonyl (C=O) groups excluding carboxylic acids is 1. The van der Waals surface area contributed by atoms with E-state index in [4.69, 9.17) is 5.73 Å². The van der Waals surface area contributed by atoms with Crippen LogP contribution in [-0.2, 0) is 0 Å². The van der Waals surface area contributed by atoms with Gasteiger partial charge in [0.05, 0.1) is 11.3 Å². The van der Waals surface area contributed by atoms with Crippen LogP contribution in [0.15, 0.2) is 28.8 Å². The summed E-state index contributed by atoms with van der Waals surface area (Å²) in [5, 5.41) is 17.5. The first kappa shape index (κ1) is 19.9. The van der Waals surface area contributed by atoms with Crippen molar-refractivity contribution in [3.63, 3.8) is 0 Å². The molecule has 148 valence electrons. The first-order valence-electron chi connectivity index (χ1n) is 9.04. The van der Waals surface area contributed by atoms with Crippen LogP contribution in [-0.4, -0.2) is 25.7 Å². The number of hydrogen-bond acceptors (Lipinski definition) is 7. The second-order valence-electron chi connectivity index (χ2n) is 7.00. The van der Waals surface area contributed by atoms with Crippen LogP contribution in [0.5, 0.6) is 0 Å². The van der Waals surface area contributed by atoms with Crippen LogP contribution in [0.4, 0.5) is 16.4 Å². The molecule has 0 saturated heterocycles. The van der Waals surface area contributed by atoms with Crippen molar-refractivity contribution >= 4 is 46.4 Å². The van der Waals surface area contributed by atoms with E-state index in [9.17, 15) is 4.79 Å². The molecule has 8 heteroatoms. The van der Waals surface area contributed by atoms with Crippen LogP contribution in [0.1, 0.15) is 47.1 Å². The zero-order valence-electron chi connectivity index (χ0n) is 16.5. The van der Waals surface area contributed by atoms with Crippen molar-refractivity contribution in [2.24, 2.45) is 5.10 Å². The van der Waals surface area contributed by atoms with Crippen molar-refractivity contribution in [1.82, 2.24) is 10.6 Å². The van der Waals surface area contributed by atoms with Crippen molar-refractivity contribution in [2.75, 3.05) is 23.1 Å². The molecule has 1 unspecified atom stereocenters. The van der Waals surface area contributed by atoms with Crippen LogP contribution < -0.4 is 26.7 Å². The van der Waals surface area contributed by atoms with Gasteiger partial charge in [-0.15, -0.1) is 11.3 Å². The van der Waals surface area contributed by atoms with Gasteiger partial charge in [-0.25, -0.2) is 0 Å². The summed E-state index contributed by atoms with van der Waals surface area (Å²) in [6.07, 6.45) is 3.87. The number of fused-ring (bicyclic) bond motifs is 1. The zero-order valence-corrected chi connectivity index (χ0v) is 17.4. The molecule has 2 heterocycles. The van der Waals surface area contributed by atoms with E-state index in [0.29, 0.717) is 22.3 Å². The maximum Gasteiger partial charge on any atom is 0.258 e. The number of nitrogens with one attached hydrogen (secondary N) is 3. The second-order valence-corrected chi connectivity index (χ2v) is 7.91. The minimum atomic E-state index is -0.227. The molecule has 2 aromatic rings. The monoisotopic (exact) mass is 398 g/mol. The molecule has 1 amide bonds. The predicted octanol–water partition coefficient (Wildman–Crippen LogP) is 3.51. The molecular formula is C20H26N6OS. The molecule has 1 atom stereocenters. The molecule has 1 aliphatic heterocycles. The molecular weight excluding hydrogens is 372 g/mol. The van der Waals surface area contributed by atoms with Gasteiger partial charge in [0.25, 0.3) is 5.91 Å². The predicted molar refractivity (Wildman–Crippen MR) is 119 cm³/mol. The number of rotatable bonds is 6. The summed E-state index contributed by atoms with van der Waals surface area (Å²) < 4.78 is 0. The van der Waals surface area contributed by atoms with Crippen LogP contribution in [0.2, 0.25) is 0 Å². The smallest absolute Gasteiger partial charge is 0.258 e. The first-order valence-corrected chi connectivity index (χ1v) is 9.92. The second kappa shape index (κ2) is 8.04. The number of anilines is 3. The van der Waals surface area contributed by atoms with E-state index in [-0.39, 0.29) is 12.1 Å². The molecule has 0 fully saturated rings. The maximum absolute atomic E-state index is 13.1. The van der Waals surface area contributed by atoms with Crippen LogP contribution in [0, 0.1) is 6.92 Å². The van der Waals surface area contributed by atoms with Crippen LogP contribution in [0.3, 0.4) is 0 Å². The van der Waals surface area contributed by atoms with Crippen LogP contribution in [0.25, 0.3) is 6.08 Å². The number of nitrogens with two attached hydrogens (primary N) is 1. The Bertz CT molecular complexity index is 933. The van der Waals surface area contributed by atoms with E-state index in [0.717, 1.165) is 22.4 Å². The molecule has 0 saturated carbocycles. The average molecular weight is 399 g/mol. The quantitative estimate of drug-likeness (QED) is 0.441. The largest absolute Gasteiger partial charge is 0.389 e. The normalized spacial score (nSPS) is 15.1. The third kappa shape index (κ3) is 3.74. The molecule has 1 aliphatic rings. The lowest BCUT2D eigenvalue weighted by atomic mass is 9.96. The highest BCUT2D eigenvalue weighted by molar-refractivity contribution is 7.15. The van der Waals surface area contributed by atoms with E-state index < -0.39 is 0 Å². The number of nitrogens with zero attached hydrogens (tertiary/aromatic N) is 2. The first-order chi connectivity index (χ1) is 13.3. The Labute approximate surface area is 169 Å². The van der Waals surface area contributed by atoms with Gasteiger partial charge in [-0.3, -0.25) is 15.1 Å². The maximum atomic E-state index is 13.1. The highest BCUT2D eigenvalue weighted by Crippen LogP contribution is 2.36. The number of hydrazone groups is 1. The standard InChI is InChI=1S/C20H26N6OS/c1-11(2)24-19-14-7-6-12(3)16(13(14)8-9-23-19)25-20(27)15-10-28-18(21)17(15)26(5)22-4/h6-11,19,23-24H,4,21H2,1-3,5H3,(H,25,27). The zero-order chi connectivity index (χ0) is 20.4. The average Bonchev–Trinajstić information content (AvgIpc) is 3.04. The van der Waals surface area contributed by atoms with E-state index in [2.05, 4.69) is 47.7 Å². The number of thiophene rings is 1. The fourth-order valence-electron chi connectivity index (χ4n) is 3.24. The van der Waals surface area contributed by atoms with E-state index >= 15 is 0 Å². The van der Waals surface area contributed by atoms with Gasteiger partial charge in [-0.05, 0) is 44.2 Å². The Kier molecular flexibility index (Phi) is 5.71. The summed E-state index contributed by atoms with van der Waals surface area (Å²) >= 11 is 1.31. The summed E-state index contributed by atoms with van der Waals surface area (Å²) in [4.78, 5) is 13.1. The number of hydrogen-bond donors (Lipinski definition) is 4. The van der Waals surface area contributed by atoms with Gasteiger partial charge in [0.1, 0.15) is 16.9 Å². The molecule has 0 radical (unpaired) electrons. The van der Waals surface area contributed by atoms with Crippen molar-refractivity contribution in [3.05, 3.63) is 46.0 Å². The number of benzene rings is 1. The van der Waals surface area contributed by atoms with Gasteiger partial charge in [0, 0.05) is 30.8 Å². The molecule has 7 nitrogen and oxygen atoms in total. The van der Waals surface area contributed by atoms with Crippen molar-refractivity contribution in [1.29, 1.82) is 0 Å². The van der Waals surface area contributed by atoms with Gasteiger partial charge >= 0.3 is 0 Å². The fraction of sp³-hybridized carbons (Fsp3) is 0.300. The Morgan fingerprint density at radius 3 is 2.86 bits per heavy atom. The Balaban J connectivity index is 1.97. The molecule has 28 heavy (non-hydrogen) atoms. The van der Waals surface area contributed by atoms with E-state index in [1.54, 1.807) is 12.4 Å². The lowest BCUT2D eigenvalue weighted by molar-refractivity contribution is 0.102. The molecule has 3 rings (SSSR count). The van der Waals surface area contributed by atoms with Crippen molar-refractivity contribution < 1.29 is 4.79 Å². The van der Waals surface area contributed by atoms with Gasteiger partial charge < -0.3 is 16.4 Å². The number of nitrogen functional groups attached to an aromatic ring is 1. The molecule has 5 N–H and O–H groups in total. The van der Waals surface area contributed by atoms with Gasteiger partial charge in [-0.2, -0.15) is 5.10 Å². The third-order valence-electron chi connectivity index (χ3n) is 4.62. The van der Waals surface area contributed by atoms with Gasteiger partial charge in [-0.1, -0.05) is 12.1 Å². The third-order valence-corrected chi connectivity index (χ3v) is 5.42. The topological polar surface area (TPSA) is 94.8 Å². The lowest BCUT2D eigenvalue weighted by Crippen LogP contribution is -2.37. The SMILES string of the molecule is C=NN(C)c1c(C(=O)Nc2c(C)ccc3c2C=CNC3NC(C)C)csc1N. The Morgan fingerprint density at radius 1 is 1.43 bits per heavy atom. The van der Waals surface area contributed by atoms with E-state index in [1.807, 2.05) is 25.3 Å². The van der Waals surface area contributed by atoms with Gasteiger partial charge in [0.15, 0.2) is 0 Å². The Morgan fingerprint density at radius 2 is 2.18 bits per heavy atom. The fourth-order valence-corrected chi connectivity index (χ4v) is 4.06. The summed E-state index contributed by atoms with van der Waals surface area (Å²) in [5.41, 5.74) is 10.9. The summed E-state index contributed by atoms with van der Waals surface area (Å²) in [6.45, 7) is 9.70. The van der Waals surface area contributed by atoms with E-state index in [1.165, 1.54) is 16.3 Å². The molecule has 1 aromatic heterocycles. The molecule has 0 aliphatic carbocycles. The summed E-state index contributed by atoms with van der Waals surface area (Å²) in [5.74, 6) is -0.227. The minimum absolute atomic E-state index is 0.0142. The van der Waals surface area contributed by atoms with Gasteiger partial charge in [0.2, 0.25) is 0 Å². The molecule has 1 aromatic carbocycles. The molecule has 0 spiro atoms. The Hall–Kier alpha value is -2.84. The lowest BCUT2D eigenvalue weighted by Gasteiger charge is -2.28. The number of aryl methyl sites for hydroxylation is 1.